The number of rotatable bonds is 14. The van der Waals surface area contributed by atoms with Crippen molar-refractivity contribution in [2.45, 2.75) is 44.2 Å². The molecule has 0 spiro atoms. The summed E-state index contributed by atoms with van der Waals surface area (Å²) in [4.78, 5) is 33.2. The number of nitrogens with one attached hydrogen (secondary N) is 3. The first kappa shape index (κ1) is 34.9. The summed E-state index contributed by atoms with van der Waals surface area (Å²) in [6.45, 7) is 7.95. The highest BCUT2D eigenvalue weighted by molar-refractivity contribution is 5.94. The molecule has 0 radical (unpaired) electrons. The molecule has 3 aromatic rings. The Balaban J connectivity index is 1.48. The van der Waals surface area contributed by atoms with Crippen molar-refractivity contribution in [2.24, 2.45) is 10.7 Å². The van der Waals surface area contributed by atoms with Gasteiger partial charge in [0.05, 0.1) is 6.04 Å². The SMILES string of the molecule is C=C/C=C(\C=C/C)c1ccc(C(=O)NC[C@@H]2CCN(CC(c3ccccc3)c3ccccc3)C(=O)C(CCCNC(N)=NC)N2)cc1. The third-order valence-electron chi connectivity index (χ3n) is 8.45. The summed E-state index contributed by atoms with van der Waals surface area (Å²) in [6, 6.07) is 27.8. The van der Waals surface area contributed by atoms with Crippen molar-refractivity contribution in [3.8, 4) is 0 Å². The van der Waals surface area contributed by atoms with Crippen LogP contribution in [0.4, 0.5) is 0 Å². The van der Waals surface area contributed by atoms with Crippen LogP contribution < -0.4 is 21.7 Å². The minimum atomic E-state index is -0.394. The topological polar surface area (TPSA) is 112 Å². The second kappa shape index (κ2) is 18.3. The second-order valence-corrected chi connectivity index (χ2v) is 11.7. The minimum absolute atomic E-state index is 0.0399. The van der Waals surface area contributed by atoms with Crippen LogP contribution in [-0.2, 0) is 4.79 Å². The molecule has 3 aromatic carbocycles. The van der Waals surface area contributed by atoms with Crippen molar-refractivity contribution in [2.75, 3.05) is 33.2 Å². The van der Waals surface area contributed by atoms with Gasteiger partial charge in [0, 0.05) is 50.7 Å². The van der Waals surface area contributed by atoms with Gasteiger partial charge >= 0.3 is 0 Å². The van der Waals surface area contributed by atoms with Gasteiger partial charge in [-0.3, -0.25) is 14.6 Å². The number of guanidine groups is 1. The molecule has 1 saturated heterocycles. The molecule has 246 valence electrons. The lowest BCUT2D eigenvalue weighted by Gasteiger charge is -2.29. The third-order valence-corrected chi connectivity index (χ3v) is 8.45. The molecule has 1 heterocycles. The summed E-state index contributed by atoms with van der Waals surface area (Å²) in [5.41, 5.74) is 10.8. The molecule has 8 nitrogen and oxygen atoms in total. The number of hydrogen-bond donors (Lipinski definition) is 4. The number of amides is 2. The average molecular weight is 633 g/mol. The van der Waals surface area contributed by atoms with Crippen LogP contribution in [0.1, 0.15) is 59.2 Å². The van der Waals surface area contributed by atoms with E-state index in [-0.39, 0.29) is 23.8 Å². The minimum Gasteiger partial charge on any atom is -0.370 e. The van der Waals surface area contributed by atoms with Crippen LogP contribution in [0.3, 0.4) is 0 Å². The molecule has 1 fully saturated rings. The lowest BCUT2D eigenvalue weighted by Crippen LogP contribution is -2.49. The van der Waals surface area contributed by atoms with Gasteiger partial charge in [-0.15, -0.1) is 0 Å². The highest BCUT2D eigenvalue weighted by Gasteiger charge is 2.32. The van der Waals surface area contributed by atoms with Gasteiger partial charge < -0.3 is 26.6 Å². The summed E-state index contributed by atoms with van der Waals surface area (Å²) in [5, 5.41) is 9.79. The summed E-state index contributed by atoms with van der Waals surface area (Å²) in [5.74, 6) is 0.351. The molecule has 8 heteroatoms. The largest absolute Gasteiger partial charge is 0.370 e. The molecule has 0 aromatic heterocycles. The van der Waals surface area contributed by atoms with E-state index in [0.717, 1.165) is 17.6 Å². The van der Waals surface area contributed by atoms with Crippen LogP contribution in [0, 0.1) is 0 Å². The Labute approximate surface area is 279 Å². The molecule has 0 bridgehead atoms. The standard InChI is InChI=1S/C39H48N6O2/c1-4-13-29(14-5-2)30-20-22-33(23-21-30)37(46)43-27-34-24-26-45(38(47)36(44-34)19-12-25-42-39(40)41-3)28-35(31-15-8-6-9-16-31)32-17-10-7-11-18-32/h4-11,13-18,20-23,34-36,44H,1,12,19,24-28H2,2-3H3,(H,43,46)(H3,40,41,42)/b14-5-,29-13+/t34-,36?/m0/s1. The summed E-state index contributed by atoms with van der Waals surface area (Å²) in [6.07, 6.45) is 9.75. The average Bonchev–Trinajstić information content (AvgIpc) is 3.26. The van der Waals surface area contributed by atoms with E-state index in [1.165, 1.54) is 11.1 Å². The Morgan fingerprint density at radius 3 is 2.26 bits per heavy atom. The summed E-state index contributed by atoms with van der Waals surface area (Å²) < 4.78 is 0. The molecule has 1 unspecified atom stereocenters. The predicted octanol–water partition coefficient (Wildman–Crippen LogP) is 5.27. The number of aliphatic imine (C=N–C) groups is 1. The van der Waals surface area contributed by atoms with E-state index in [4.69, 9.17) is 5.73 Å². The molecule has 47 heavy (non-hydrogen) atoms. The molecule has 2 amide bonds. The first-order valence-corrected chi connectivity index (χ1v) is 16.4. The quantitative estimate of drug-likeness (QED) is 0.0838. The van der Waals surface area contributed by atoms with Crippen LogP contribution in [-0.4, -0.2) is 68.0 Å². The Morgan fingerprint density at radius 1 is 1.02 bits per heavy atom. The van der Waals surface area contributed by atoms with E-state index >= 15 is 0 Å². The van der Waals surface area contributed by atoms with Crippen LogP contribution in [0.15, 0.2) is 121 Å². The molecule has 1 aliphatic heterocycles. The van der Waals surface area contributed by atoms with Crippen LogP contribution in [0.25, 0.3) is 5.57 Å². The van der Waals surface area contributed by atoms with E-state index in [1.807, 2.05) is 90.7 Å². The van der Waals surface area contributed by atoms with Crippen LogP contribution in [0.5, 0.6) is 0 Å². The molecule has 5 N–H and O–H groups in total. The molecule has 0 saturated carbocycles. The van der Waals surface area contributed by atoms with Gasteiger partial charge in [0.2, 0.25) is 5.91 Å². The number of benzene rings is 3. The van der Waals surface area contributed by atoms with E-state index < -0.39 is 6.04 Å². The maximum atomic E-state index is 14.1. The number of allylic oxidation sites excluding steroid dienone is 5. The zero-order valence-corrected chi connectivity index (χ0v) is 27.6. The highest BCUT2D eigenvalue weighted by atomic mass is 16.2. The van der Waals surface area contributed by atoms with Gasteiger partial charge in [-0.05, 0) is 60.6 Å². The first-order chi connectivity index (χ1) is 22.9. The molecular weight excluding hydrogens is 584 g/mol. The van der Waals surface area contributed by atoms with Crippen LogP contribution in [0.2, 0.25) is 0 Å². The van der Waals surface area contributed by atoms with Gasteiger partial charge in [0.1, 0.15) is 0 Å². The molecule has 1 aliphatic rings. The molecule has 4 rings (SSSR count). The fraction of sp³-hybridized carbons (Fsp3) is 0.308. The smallest absolute Gasteiger partial charge is 0.251 e. The van der Waals surface area contributed by atoms with E-state index in [0.29, 0.717) is 50.5 Å². The fourth-order valence-electron chi connectivity index (χ4n) is 5.91. The predicted molar refractivity (Wildman–Crippen MR) is 193 cm³/mol. The molecular formula is C39H48N6O2. The lowest BCUT2D eigenvalue weighted by atomic mass is 9.90. The maximum Gasteiger partial charge on any atom is 0.251 e. The zero-order chi connectivity index (χ0) is 33.4. The monoisotopic (exact) mass is 632 g/mol. The van der Waals surface area contributed by atoms with E-state index in [1.54, 1.807) is 13.1 Å². The normalized spacial score (nSPS) is 17.5. The van der Waals surface area contributed by atoms with Gasteiger partial charge in [-0.2, -0.15) is 0 Å². The van der Waals surface area contributed by atoms with Crippen molar-refractivity contribution in [3.05, 3.63) is 138 Å². The molecule has 0 aliphatic carbocycles. The fourth-order valence-corrected chi connectivity index (χ4v) is 5.91. The van der Waals surface area contributed by atoms with Gasteiger partial charge in [0.25, 0.3) is 5.91 Å². The number of nitrogens with zero attached hydrogens (tertiary/aromatic N) is 2. The van der Waals surface area contributed by atoms with Crippen LogP contribution >= 0.6 is 0 Å². The lowest BCUT2D eigenvalue weighted by molar-refractivity contribution is -0.133. The van der Waals surface area contributed by atoms with Crippen molar-refractivity contribution < 1.29 is 9.59 Å². The van der Waals surface area contributed by atoms with Gasteiger partial charge in [-0.1, -0.05) is 104 Å². The van der Waals surface area contributed by atoms with E-state index in [2.05, 4.69) is 51.8 Å². The number of carbonyl (C=O) groups is 2. The zero-order valence-electron chi connectivity index (χ0n) is 27.6. The Hall–Kier alpha value is -4.95. The summed E-state index contributed by atoms with van der Waals surface area (Å²) in [7, 11) is 1.64. The van der Waals surface area contributed by atoms with Gasteiger partial charge in [-0.25, -0.2) is 0 Å². The van der Waals surface area contributed by atoms with Crippen molar-refractivity contribution >= 4 is 23.3 Å². The number of carbonyl (C=O) groups excluding carboxylic acids is 2. The van der Waals surface area contributed by atoms with Crippen molar-refractivity contribution in [1.29, 1.82) is 0 Å². The second-order valence-electron chi connectivity index (χ2n) is 11.7. The highest BCUT2D eigenvalue weighted by Crippen LogP contribution is 2.27. The van der Waals surface area contributed by atoms with E-state index in [9.17, 15) is 9.59 Å². The number of hydrogen-bond acceptors (Lipinski definition) is 4. The Bertz CT molecular complexity index is 1490. The Morgan fingerprint density at radius 2 is 1.66 bits per heavy atom. The first-order valence-electron chi connectivity index (χ1n) is 16.4. The molecule has 2 atom stereocenters. The van der Waals surface area contributed by atoms with Crippen molar-refractivity contribution in [1.82, 2.24) is 20.9 Å². The number of nitrogens with two attached hydrogens (primary N) is 1. The maximum absolute atomic E-state index is 14.1. The Kier molecular flexibility index (Phi) is 13.6. The summed E-state index contributed by atoms with van der Waals surface area (Å²) >= 11 is 0. The van der Waals surface area contributed by atoms with Gasteiger partial charge in [0.15, 0.2) is 5.96 Å². The third kappa shape index (κ3) is 10.3. The van der Waals surface area contributed by atoms with Crippen molar-refractivity contribution in [3.63, 3.8) is 0 Å².